The van der Waals surface area contributed by atoms with E-state index in [4.69, 9.17) is 6.48 Å². The minimum Gasteiger partial charge on any atom is -0.478 e. The lowest BCUT2D eigenvalue weighted by atomic mass is 9.87. The molecule has 1 N–H and O–H groups in total. The summed E-state index contributed by atoms with van der Waals surface area (Å²) >= 11 is 0. The fraction of sp³-hybridized carbons (Fsp3) is 0.323. The Labute approximate surface area is 223 Å². The molecule has 4 atom stereocenters. The predicted molar refractivity (Wildman–Crippen MR) is 147 cm³/mol. The van der Waals surface area contributed by atoms with E-state index in [1.807, 2.05) is 43.3 Å². The number of rotatable bonds is 8. The van der Waals surface area contributed by atoms with Gasteiger partial charge in [-0.3, -0.25) is 9.78 Å². The number of carboxylic acid groups (broad SMARTS) is 1. The summed E-state index contributed by atoms with van der Waals surface area (Å²) in [5, 5.41) is 9.01. The fourth-order valence-electron chi connectivity index (χ4n) is 5.73. The molecule has 1 amide bonds. The Hall–Kier alpha value is -4.00. The van der Waals surface area contributed by atoms with Gasteiger partial charge in [-0.05, 0) is 78.1 Å². The number of aliphatic carboxylic acids is 1. The van der Waals surface area contributed by atoms with Crippen molar-refractivity contribution in [3.63, 3.8) is 0 Å². The van der Waals surface area contributed by atoms with Gasteiger partial charge >= 0.3 is 5.97 Å². The number of carbonyl (C=O) groups excluding carboxylic acids is 1. The Morgan fingerprint density at radius 3 is 2.45 bits per heavy atom. The lowest BCUT2D eigenvalue weighted by Gasteiger charge is -2.30. The number of fused-ring (bicyclic) bond motifs is 2. The number of nitrogens with zero attached hydrogens (tertiary/aromatic N) is 3. The average molecular weight is 515 g/mol. The Bertz CT molecular complexity index is 1410. The van der Waals surface area contributed by atoms with Gasteiger partial charge in [0, 0.05) is 43.5 Å². The summed E-state index contributed by atoms with van der Waals surface area (Å²) in [6, 6.07) is 14.2. The normalized spacial score (nSPS) is 21.3. The van der Waals surface area contributed by atoms with Crippen molar-refractivity contribution in [2.75, 3.05) is 23.9 Å². The summed E-state index contributed by atoms with van der Waals surface area (Å²) in [4.78, 5) is 32.5. The van der Waals surface area contributed by atoms with Crippen LogP contribution < -0.4 is 9.80 Å². The molecule has 2 bridgehead atoms. The molecule has 2 fully saturated rings. The largest absolute Gasteiger partial charge is 0.478 e. The van der Waals surface area contributed by atoms with Crippen LogP contribution in [0, 0.1) is 23.6 Å². The highest BCUT2D eigenvalue weighted by molar-refractivity contribution is 5.96. The SMILES string of the molecule is [2H]C(c1ccc(-c2ccc(N(C)C)cc2)cc1F)N(C(=O)[C@@H]1C[C@@H]2CC[C@H]1C2)c1cncc(/C=C/C(=O)O)c1. The second-order valence-corrected chi connectivity index (χ2v) is 10.4. The minimum absolute atomic E-state index is 0.0895. The number of hydrogen-bond acceptors (Lipinski definition) is 4. The Morgan fingerprint density at radius 2 is 1.82 bits per heavy atom. The molecule has 0 spiro atoms. The van der Waals surface area contributed by atoms with Crippen LogP contribution in [0.15, 0.2) is 67.0 Å². The van der Waals surface area contributed by atoms with E-state index in [2.05, 4.69) is 4.98 Å². The molecule has 0 aliphatic heterocycles. The zero-order valence-electron chi connectivity index (χ0n) is 22.5. The number of anilines is 2. The van der Waals surface area contributed by atoms with Crippen LogP contribution in [0.3, 0.4) is 0 Å². The molecule has 2 aromatic carbocycles. The Morgan fingerprint density at radius 1 is 1.05 bits per heavy atom. The molecule has 1 unspecified atom stereocenters. The summed E-state index contributed by atoms with van der Waals surface area (Å²) in [5.41, 5.74) is 3.48. The Balaban J connectivity index is 1.49. The van der Waals surface area contributed by atoms with Crippen LogP contribution in [-0.2, 0) is 16.1 Å². The van der Waals surface area contributed by atoms with E-state index in [-0.39, 0.29) is 23.3 Å². The molecule has 196 valence electrons. The van der Waals surface area contributed by atoms with Crippen LogP contribution in [-0.4, -0.2) is 36.1 Å². The molecule has 7 heteroatoms. The minimum atomic E-state index is -1.33. The van der Waals surface area contributed by atoms with E-state index in [1.54, 1.807) is 18.2 Å². The highest BCUT2D eigenvalue weighted by Crippen LogP contribution is 2.49. The number of aromatic nitrogens is 1. The van der Waals surface area contributed by atoms with Crippen LogP contribution in [0.5, 0.6) is 0 Å². The number of hydrogen-bond donors (Lipinski definition) is 1. The molecule has 0 radical (unpaired) electrons. The molecule has 3 aromatic rings. The van der Waals surface area contributed by atoms with E-state index < -0.39 is 18.3 Å². The monoisotopic (exact) mass is 514 g/mol. The second-order valence-electron chi connectivity index (χ2n) is 10.4. The second kappa shape index (κ2) is 10.8. The smallest absolute Gasteiger partial charge is 0.328 e. The van der Waals surface area contributed by atoms with Crippen LogP contribution in [0.2, 0.25) is 0 Å². The van der Waals surface area contributed by atoms with Gasteiger partial charge in [0.25, 0.3) is 0 Å². The molecule has 1 aromatic heterocycles. The van der Waals surface area contributed by atoms with Gasteiger partial charge in [0.1, 0.15) is 5.82 Å². The topological polar surface area (TPSA) is 73.7 Å². The van der Waals surface area contributed by atoms with Gasteiger partial charge in [-0.15, -0.1) is 0 Å². The zero-order valence-corrected chi connectivity index (χ0v) is 21.5. The highest BCUT2D eigenvalue weighted by Gasteiger charge is 2.44. The van der Waals surface area contributed by atoms with Crippen molar-refractivity contribution in [2.24, 2.45) is 17.8 Å². The van der Waals surface area contributed by atoms with Gasteiger partial charge in [-0.2, -0.15) is 0 Å². The third kappa shape index (κ3) is 5.47. The van der Waals surface area contributed by atoms with Crippen LogP contribution in [0.25, 0.3) is 17.2 Å². The van der Waals surface area contributed by atoms with Crippen molar-refractivity contribution < 1.29 is 20.5 Å². The van der Waals surface area contributed by atoms with Crippen molar-refractivity contribution in [1.82, 2.24) is 4.98 Å². The van der Waals surface area contributed by atoms with Crippen LogP contribution in [0.4, 0.5) is 15.8 Å². The molecule has 2 aliphatic rings. The van der Waals surface area contributed by atoms with Gasteiger partial charge in [-0.25, -0.2) is 9.18 Å². The van der Waals surface area contributed by atoms with Gasteiger partial charge in [-0.1, -0.05) is 30.7 Å². The van der Waals surface area contributed by atoms with Crippen molar-refractivity contribution in [3.8, 4) is 11.1 Å². The Kier molecular flexibility index (Phi) is 6.90. The van der Waals surface area contributed by atoms with Crippen molar-refractivity contribution >= 4 is 29.3 Å². The van der Waals surface area contributed by atoms with E-state index in [0.717, 1.165) is 43.0 Å². The number of halogens is 1. The first-order valence-electron chi connectivity index (χ1n) is 13.5. The summed E-state index contributed by atoms with van der Waals surface area (Å²) in [5.74, 6) is -1.29. The third-order valence-electron chi connectivity index (χ3n) is 7.72. The molecule has 2 saturated carbocycles. The van der Waals surface area contributed by atoms with Crippen molar-refractivity contribution in [3.05, 3.63) is 83.9 Å². The molecule has 1 heterocycles. The summed E-state index contributed by atoms with van der Waals surface area (Å²) in [6.07, 6.45) is 9.25. The number of carboxylic acids is 1. The maximum absolute atomic E-state index is 15.6. The van der Waals surface area contributed by atoms with Crippen LogP contribution in [0.1, 0.15) is 38.2 Å². The molecule has 0 saturated heterocycles. The standard InChI is InChI=1S/C31H32FN3O3/c1-34(2)26-10-8-22(9-11-26)23-6-7-25(29(32)16-23)19-35(31(38)28-15-20-3-5-24(28)13-20)27-14-21(17-33-18-27)4-12-30(36)37/h4,6-12,14,16-18,20,24,28H,3,5,13,15,19H2,1-2H3,(H,36,37)/b12-4+/t20-,24+,28-/m1/s1/i19D/t19?,20-,24+,28-. The van der Waals surface area contributed by atoms with E-state index in [1.165, 1.54) is 29.4 Å². The number of benzene rings is 2. The zero-order chi connectivity index (χ0) is 27.7. The summed E-state index contributed by atoms with van der Waals surface area (Å²) in [6.45, 7) is -1.33. The lowest BCUT2D eigenvalue weighted by molar-refractivity contribution is -0.131. The fourth-order valence-corrected chi connectivity index (χ4v) is 5.73. The first kappa shape index (κ1) is 24.3. The molecular formula is C31H32FN3O3. The summed E-state index contributed by atoms with van der Waals surface area (Å²) in [7, 11) is 3.91. The number of amides is 1. The first-order valence-corrected chi connectivity index (χ1v) is 12.9. The van der Waals surface area contributed by atoms with E-state index in [9.17, 15) is 9.59 Å². The third-order valence-corrected chi connectivity index (χ3v) is 7.72. The lowest BCUT2D eigenvalue weighted by Crippen LogP contribution is -2.38. The maximum Gasteiger partial charge on any atom is 0.328 e. The molecule has 6 nitrogen and oxygen atoms in total. The molecule has 5 rings (SSSR count). The van der Waals surface area contributed by atoms with Crippen molar-refractivity contribution in [2.45, 2.75) is 32.2 Å². The molecule has 2 aliphatic carbocycles. The van der Waals surface area contributed by atoms with Gasteiger partial charge in [0.05, 0.1) is 19.8 Å². The van der Waals surface area contributed by atoms with E-state index in [0.29, 0.717) is 22.7 Å². The maximum atomic E-state index is 15.6. The quantitative estimate of drug-likeness (QED) is 0.372. The number of pyridine rings is 1. The molecule has 38 heavy (non-hydrogen) atoms. The average Bonchev–Trinajstić information content (AvgIpc) is 3.56. The van der Waals surface area contributed by atoms with Crippen molar-refractivity contribution in [1.29, 1.82) is 0 Å². The van der Waals surface area contributed by atoms with Crippen LogP contribution >= 0.6 is 0 Å². The predicted octanol–water partition coefficient (Wildman–Crippen LogP) is 6.02. The first-order chi connectivity index (χ1) is 18.7. The van der Waals surface area contributed by atoms with Gasteiger partial charge < -0.3 is 14.9 Å². The van der Waals surface area contributed by atoms with Gasteiger partial charge in [0.15, 0.2) is 0 Å². The van der Waals surface area contributed by atoms with E-state index >= 15 is 4.39 Å². The highest BCUT2D eigenvalue weighted by atomic mass is 19.1. The summed E-state index contributed by atoms with van der Waals surface area (Å²) < 4.78 is 24.7. The molecular weight excluding hydrogens is 481 g/mol. The van der Waals surface area contributed by atoms with Gasteiger partial charge in [0.2, 0.25) is 5.91 Å². The number of carbonyl (C=O) groups is 2.